The molecule has 0 radical (unpaired) electrons. The van der Waals surface area contributed by atoms with E-state index in [1.807, 2.05) is 11.8 Å². The van der Waals surface area contributed by atoms with Crippen molar-refractivity contribution in [2.75, 3.05) is 6.26 Å². The Morgan fingerprint density at radius 1 is 0.680 bits per heavy atom. The van der Waals surface area contributed by atoms with E-state index in [9.17, 15) is 5.26 Å². The van der Waals surface area contributed by atoms with Gasteiger partial charge in [0.15, 0.2) is 0 Å². The van der Waals surface area contributed by atoms with Crippen molar-refractivity contribution in [3.63, 3.8) is 0 Å². The van der Waals surface area contributed by atoms with Crippen molar-refractivity contribution in [1.29, 1.82) is 5.26 Å². The molecule has 0 aromatic heterocycles. The molecule has 3 unspecified atom stereocenters. The van der Waals surface area contributed by atoms with Crippen LogP contribution < -0.4 is 0 Å². The van der Waals surface area contributed by atoms with Gasteiger partial charge in [-0.25, -0.2) is 0 Å². The van der Waals surface area contributed by atoms with E-state index in [-0.39, 0.29) is 16.1 Å². The van der Waals surface area contributed by atoms with Crippen molar-refractivity contribution in [2.45, 2.75) is 71.5 Å². The summed E-state index contributed by atoms with van der Waals surface area (Å²) in [5.41, 5.74) is 5.69. The van der Waals surface area contributed by atoms with E-state index in [4.69, 9.17) is 12.2 Å². The van der Waals surface area contributed by atoms with Gasteiger partial charge in [0, 0.05) is 4.75 Å². The quantitative estimate of drug-likeness (QED) is 0.104. The number of benzene rings is 6. The largest absolute Gasteiger partial charge is 0.198 e. The van der Waals surface area contributed by atoms with Gasteiger partial charge < -0.3 is 0 Å². The van der Waals surface area contributed by atoms with Gasteiger partial charge in [-0.05, 0) is 118 Å². The molecule has 6 aromatic rings. The van der Waals surface area contributed by atoms with Crippen molar-refractivity contribution < 1.29 is 0 Å². The summed E-state index contributed by atoms with van der Waals surface area (Å²) >= 11 is 9.32. The van der Waals surface area contributed by atoms with Crippen molar-refractivity contribution in [2.24, 2.45) is 10.8 Å². The summed E-state index contributed by atoms with van der Waals surface area (Å²) in [6.07, 6.45) is 4.89. The number of nitrogens with zero attached hydrogens (tertiary/aromatic N) is 1. The third-order valence-electron chi connectivity index (χ3n) is 11.7. The van der Waals surface area contributed by atoms with Gasteiger partial charge >= 0.3 is 0 Å². The molecular weight excluding hydrogens is 663 g/mol. The third kappa shape index (κ3) is 6.50. The smallest absolute Gasteiger partial charge is 0.104 e. The van der Waals surface area contributed by atoms with Crippen LogP contribution in [0.5, 0.6) is 0 Å². The molecule has 6 aromatic carbocycles. The van der Waals surface area contributed by atoms with E-state index in [1.165, 1.54) is 60.1 Å². The molecule has 0 N–H and O–H groups in total. The molecule has 0 spiro atoms. The second-order valence-corrected chi connectivity index (χ2v) is 18.2. The Bertz CT molecular complexity index is 2170. The monoisotopic (exact) mass is 709 g/mol. The van der Waals surface area contributed by atoms with Crippen molar-refractivity contribution in [3.05, 3.63) is 121 Å². The fourth-order valence-electron chi connectivity index (χ4n) is 7.79. The van der Waals surface area contributed by atoms with Gasteiger partial charge in [0.2, 0.25) is 0 Å². The van der Waals surface area contributed by atoms with Crippen molar-refractivity contribution >= 4 is 71.6 Å². The molecule has 0 saturated carbocycles. The lowest BCUT2D eigenvalue weighted by molar-refractivity contribution is 0.108. The third-order valence-corrected chi connectivity index (χ3v) is 14.8. The first-order valence-corrected chi connectivity index (χ1v) is 20.2. The fourth-order valence-corrected chi connectivity index (χ4v) is 10.2. The summed E-state index contributed by atoms with van der Waals surface area (Å²) in [5.74, 6) is 0.205. The highest BCUT2D eigenvalue weighted by Crippen LogP contribution is 2.55. The van der Waals surface area contributed by atoms with Crippen LogP contribution in [0.4, 0.5) is 0 Å². The minimum Gasteiger partial charge on any atom is -0.198 e. The average Bonchev–Trinajstić information content (AvgIpc) is 3.15. The molecule has 0 fully saturated rings. The minimum atomic E-state index is -0.469. The Kier molecular flexibility index (Phi) is 10.5. The van der Waals surface area contributed by atoms with Crippen molar-refractivity contribution in [3.8, 4) is 28.3 Å². The molecule has 0 amide bonds. The Morgan fingerprint density at radius 3 is 1.72 bits per heavy atom. The van der Waals surface area contributed by atoms with Crippen LogP contribution in [-0.4, -0.2) is 14.5 Å². The first-order valence-electron chi connectivity index (χ1n) is 17.7. The van der Waals surface area contributed by atoms with Crippen molar-refractivity contribution in [1.82, 2.24) is 0 Å². The van der Waals surface area contributed by atoms with E-state index in [2.05, 4.69) is 169 Å². The van der Waals surface area contributed by atoms with Crippen LogP contribution in [0.25, 0.3) is 54.6 Å². The van der Waals surface area contributed by atoms with Gasteiger partial charge in [-0.1, -0.05) is 148 Å². The number of nitriles is 1. The van der Waals surface area contributed by atoms with Crippen LogP contribution in [0.3, 0.4) is 0 Å². The van der Waals surface area contributed by atoms with Gasteiger partial charge in [0.1, 0.15) is 3.53 Å². The second kappa shape index (κ2) is 14.5. The lowest BCUT2D eigenvalue weighted by Crippen LogP contribution is -2.40. The molecule has 3 atom stereocenters. The fraction of sp³-hybridized carbons (Fsp3) is 0.304. The highest BCUT2D eigenvalue weighted by atomic mass is 32.2. The molecule has 50 heavy (non-hydrogen) atoms. The minimum absolute atomic E-state index is 0.122. The zero-order chi connectivity index (χ0) is 35.7. The number of rotatable bonds is 10. The molecule has 6 rings (SSSR count). The highest BCUT2D eigenvalue weighted by molar-refractivity contribution is 8.47. The molecule has 0 aliphatic rings. The number of hydrogen-bond donors (Lipinski definition) is 0. The lowest BCUT2D eigenvalue weighted by atomic mass is 9.60. The summed E-state index contributed by atoms with van der Waals surface area (Å²) in [6, 6.07) is 45.2. The first-order chi connectivity index (χ1) is 24.0. The number of thiocarbonyl (C=S) groups is 1. The van der Waals surface area contributed by atoms with Crippen LogP contribution in [0.15, 0.2) is 115 Å². The second-order valence-electron chi connectivity index (χ2n) is 14.6. The van der Waals surface area contributed by atoms with E-state index in [1.54, 1.807) is 11.8 Å². The predicted octanol–water partition coefficient (Wildman–Crippen LogP) is 14.5. The number of thioether (sulfide) groups is 2. The van der Waals surface area contributed by atoms with E-state index in [0.29, 0.717) is 0 Å². The van der Waals surface area contributed by atoms with E-state index >= 15 is 0 Å². The summed E-state index contributed by atoms with van der Waals surface area (Å²) in [6.45, 7) is 13.4. The Balaban J connectivity index is 1.55. The molecular formula is C46H47NS3. The summed E-state index contributed by atoms with van der Waals surface area (Å²) in [7, 11) is 0. The van der Waals surface area contributed by atoms with Crippen LogP contribution in [0, 0.1) is 22.2 Å². The molecule has 0 heterocycles. The zero-order valence-corrected chi connectivity index (χ0v) is 32.8. The normalized spacial score (nSPS) is 15.0. The van der Waals surface area contributed by atoms with Gasteiger partial charge in [0.05, 0.1) is 11.5 Å². The van der Waals surface area contributed by atoms with Gasteiger partial charge in [-0.15, -0.1) is 23.5 Å². The van der Waals surface area contributed by atoms with E-state index in [0.717, 1.165) is 22.8 Å². The molecule has 4 heteroatoms. The maximum Gasteiger partial charge on any atom is 0.104 e. The van der Waals surface area contributed by atoms with E-state index < -0.39 is 5.41 Å². The maximum atomic E-state index is 10.3. The molecule has 0 bridgehead atoms. The maximum absolute atomic E-state index is 10.3. The molecule has 0 aliphatic heterocycles. The first kappa shape index (κ1) is 36.2. The SMILES string of the molecule is CCC(C)(SC(=S)SC)C(CC(C)(CC)C(C)(C)C#N)c1ccc(-c2c3ccccc3c(-c3cccc4ccccc34)c3ccccc23)cc1. The number of fused-ring (bicyclic) bond motifs is 3. The topological polar surface area (TPSA) is 23.8 Å². The average molecular weight is 710 g/mol. The Hall–Kier alpha value is -3.62. The summed E-state index contributed by atoms with van der Waals surface area (Å²) in [5, 5.41) is 17.8. The Morgan fingerprint density at radius 2 is 1.20 bits per heavy atom. The standard InChI is InChI=1S/C46H47NS3/c1-8-45(5,44(3,4)30-47)29-40(46(6,9-2)50-43(48)49-7)32-25-27-33(28-26-32)41-36-20-12-14-22-38(36)42(39-23-15-13-21-37(39)41)35-24-16-18-31-17-10-11-19-34(31)35/h10-28,40H,8-9,29H2,1-7H3. The molecule has 0 saturated heterocycles. The summed E-state index contributed by atoms with van der Waals surface area (Å²) in [4.78, 5) is 0. The van der Waals surface area contributed by atoms with Gasteiger partial charge in [-0.3, -0.25) is 0 Å². The zero-order valence-electron chi connectivity index (χ0n) is 30.3. The van der Waals surface area contributed by atoms with Gasteiger partial charge in [-0.2, -0.15) is 5.26 Å². The number of hydrogen-bond acceptors (Lipinski definition) is 4. The van der Waals surface area contributed by atoms with Crippen LogP contribution in [0.1, 0.15) is 72.3 Å². The lowest BCUT2D eigenvalue weighted by Gasteiger charge is -2.46. The molecule has 254 valence electrons. The molecule has 1 nitrogen and oxygen atoms in total. The van der Waals surface area contributed by atoms with Crippen LogP contribution in [-0.2, 0) is 0 Å². The predicted molar refractivity (Wildman–Crippen MR) is 227 cm³/mol. The van der Waals surface area contributed by atoms with Gasteiger partial charge in [0.25, 0.3) is 0 Å². The summed E-state index contributed by atoms with van der Waals surface area (Å²) < 4.78 is 0.848. The van der Waals surface area contributed by atoms with Crippen LogP contribution >= 0.6 is 35.7 Å². The van der Waals surface area contributed by atoms with Crippen LogP contribution in [0.2, 0.25) is 0 Å². The Labute approximate surface area is 312 Å². The molecule has 0 aliphatic carbocycles. The highest BCUT2D eigenvalue weighted by Gasteiger charge is 2.46.